The van der Waals surface area contributed by atoms with Gasteiger partial charge in [0.25, 0.3) is 0 Å². The van der Waals surface area contributed by atoms with Crippen molar-refractivity contribution in [1.29, 1.82) is 0 Å². The molecule has 0 radical (unpaired) electrons. The monoisotopic (exact) mass is 335 g/mol. The molecule has 0 spiro atoms. The minimum atomic E-state index is 0.750. The molecule has 0 amide bonds. The second kappa shape index (κ2) is 9.03. The van der Waals surface area contributed by atoms with Crippen molar-refractivity contribution in [2.24, 2.45) is 12.0 Å². The van der Waals surface area contributed by atoms with Crippen LogP contribution in [0.15, 0.2) is 4.99 Å². The molecule has 1 aliphatic rings. The Hall–Kier alpha value is -1.60. The molecule has 0 saturated carbocycles. The molecule has 1 saturated heterocycles. The first kappa shape index (κ1) is 18.7. The lowest BCUT2D eigenvalue weighted by Gasteiger charge is -2.34. The van der Waals surface area contributed by atoms with Crippen LogP contribution in [0.1, 0.15) is 23.9 Å². The highest BCUT2D eigenvalue weighted by molar-refractivity contribution is 5.79. The second-order valence-corrected chi connectivity index (χ2v) is 6.40. The molecule has 0 unspecified atom stereocenters. The number of rotatable bonds is 6. The topological polar surface area (TPSA) is 60.7 Å². The molecule has 7 heteroatoms. The second-order valence-electron chi connectivity index (χ2n) is 6.40. The first-order chi connectivity index (χ1) is 11.5. The van der Waals surface area contributed by atoms with E-state index in [0.717, 1.165) is 50.9 Å². The maximum Gasteiger partial charge on any atom is 0.191 e. The van der Waals surface area contributed by atoms with Crippen LogP contribution in [0, 0.1) is 13.8 Å². The zero-order valence-electron chi connectivity index (χ0n) is 15.9. The highest BCUT2D eigenvalue weighted by atomic mass is 15.3. The third-order valence-electron chi connectivity index (χ3n) is 4.95. The van der Waals surface area contributed by atoms with Gasteiger partial charge < -0.3 is 15.5 Å². The zero-order valence-corrected chi connectivity index (χ0v) is 15.9. The van der Waals surface area contributed by atoms with E-state index in [4.69, 9.17) is 0 Å². The summed E-state index contributed by atoms with van der Waals surface area (Å²) in [6.07, 6.45) is 0. The number of hydrogen-bond acceptors (Lipinski definition) is 4. The van der Waals surface area contributed by atoms with Crippen LogP contribution in [0.25, 0.3) is 0 Å². The molecule has 0 atom stereocenters. The van der Waals surface area contributed by atoms with Gasteiger partial charge in [-0.3, -0.25) is 14.6 Å². The van der Waals surface area contributed by atoms with Crippen molar-refractivity contribution >= 4 is 5.96 Å². The van der Waals surface area contributed by atoms with Crippen molar-refractivity contribution in [3.63, 3.8) is 0 Å². The van der Waals surface area contributed by atoms with E-state index in [9.17, 15) is 0 Å². The number of aromatic nitrogens is 2. The minimum absolute atomic E-state index is 0.750. The fraction of sp³-hybridized carbons (Fsp3) is 0.765. The van der Waals surface area contributed by atoms with Gasteiger partial charge in [-0.15, -0.1) is 0 Å². The average molecular weight is 336 g/mol. The molecular weight excluding hydrogens is 302 g/mol. The number of piperazine rings is 1. The van der Waals surface area contributed by atoms with Crippen molar-refractivity contribution in [3.8, 4) is 0 Å². The molecule has 1 aromatic rings. The number of aliphatic imine (C=N–C) groups is 1. The Kier molecular flexibility index (Phi) is 7.05. The third kappa shape index (κ3) is 4.95. The quantitative estimate of drug-likeness (QED) is 0.580. The van der Waals surface area contributed by atoms with Crippen molar-refractivity contribution in [2.75, 3.05) is 52.9 Å². The lowest BCUT2D eigenvalue weighted by atomic mass is 10.2. The van der Waals surface area contributed by atoms with Crippen LogP contribution in [0.2, 0.25) is 0 Å². The predicted octanol–water partition coefficient (Wildman–Crippen LogP) is 0.339. The van der Waals surface area contributed by atoms with Gasteiger partial charge in [0.2, 0.25) is 0 Å². The highest BCUT2D eigenvalue weighted by Gasteiger charge is 2.15. The zero-order chi connectivity index (χ0) is 17.5. The van der Waals surface area contributed by atoms with Gasteiger partial charge in [0.15, 0.2) is 5.96 Å². The van der Waals surface area contributed by atoms with Crippen molar-refractivity contribution in [3.05, 3.63) is 17.0 Å². The van der Waals surface area contributed by atoms with Crippen LogP contribution in [-0.2, 0) is 13.6 Å². The molecule has 136 valence electrons. The van der Waals surface area contributed by atoms with Crippen molar-refractivity contribution in [2.45, 2.75) is 27.3 Å². The Morgan fingerprint density at radius 2 is 1.79 bits per heavy atom. The van der Waals surface area contributed by atoms with E-state index in [1.54, 1.807) is 0 Å². The van der Waals surface area contributed by atoms with Gasteiger partial charge in [0, 0.05) is 71.2 Å². The van der Waals surface area contributed by atoms with Crippen molar-refractivity contribution < 1.29 is 0 Å². The van der Waals surface area contributed by atoms with Gasteiger partial charge in [0.1, 0.15) is 0 Å². The summed E-state index contributed by atoms with van der Waals surface area (Å²) in [6.45, 7) is 15.0. The maximum atomic E-state index is 4.46. The Balaban J connectivity index is 1.71. The van der Waals surface area contributed by atoms with E-state index < -0.39 is 0 Å². The fourth-order valence-corrected chi connectivity index (χ4v) is 3.13. The molecule has 2 N–H and O–H groups in total. The lowest BCUT2D eigenvalue weighted by Crippen LogP contribution is -2.49. The Morgan fingerprint density at radius 3 is 2.33 bits per heavy atom. The minimum Gasteiger partial charge on any atom is -0.355 e. The summed E-state index contributed by atoms with van der Waals surface area (Å²) in [7, 11) is 3.80. The lowest BCUT2D eigenvalue weighted by molar-refractivity contribution is 0.139. The highest BCUT2D eigenvalue weighted by Crippen LogP contribution is 2.10. The molecule has 0 bridgehead atoms. The molecule has 7 nitrogen and oxygen atoms in total. The SMILES string of the molecule is CCN1CCN(CCNC(=NC)NCc2c(C)nn(C)c2C)CC1. The van der Waals surface area contributed by atoms with Gasteiger partial charge in [-0.25, -0.2) is 0 Å². The summed E-state index contributed by atoms with van der Waals surface area (Å²) in [6, 6.07) is 0. The summed E-state index contributed by atoms with van der Waals surface area (Å²) < 4.78 is 1.93. The molecule has 0 aliphatic carbocycles. The Labute approximate surface area is 146 Å². The maximum absolute atomic E-state index is 4.46. The van der Waals surface area contributed by atoms with E-state index >= 15 is 0 Å². The van der Waals surface area contributed by atoms with Crippen LogP contribution in [0.5, 0.6) is 0 Å². The smallest absolute Gasteiger partial charge is 0.191 e. The van der Waals surface area contributed by atoms with Crippen LogP contribution in [-0.4, -0.2) is 78.4 Å². The van der Waals surface area contributed by atoms with Crippen LogP contribution < -0.4 is 10.6 Å². The number of aryl methyl sites for hydroxylation is 2. The van der Waals surface area contributed by atoms with Gasteiger partial charge in [-0.2, -0.15) is 5.10 Å². The normalized spacial score (nSPS) is 17.3. The number of nitrogens with zero attached hydrogens (tertiary/aromatic N) is 5. The molecule has 1 aromatic heterocycles. The summed E-state index contributed by atoms with van der Waals surface area (Å²) >= 11 is 0. The standard InChI is InChI=1S/C17H33N7/c1-6-23-9-11-24(12-10-23)8-7-19-17(18-4)20-13-16-14(2)21-22(5)15(16)3/h6-13H2,1-5H3,(H2,18,19,20). The van der Waals surface area contributed by atoms with E-state index in [-0.39, 0.29) is 0 Å². The average Bonchev–Trinajstić information content (AvgIpc) is 2.84. The van der Waals surface area contributed by atoms with E-state index in [2.05, 4.69) is 51.3 Å². The summed E-state index contributed by atoms with van der Waals surface area (Å²) in [5.41, 5.74) is 3.52. The van der Waals surface area contributed by atoms with E-state index in [1.807, 2.05) is 18.8 Å². The van der Waals surface area contributed by atoms with Crippen LogP contribution in [0.3, 0.4) is 0 Å². The van der Waals surface area contributed by atoms with Gasteiger partial charge in [-0.1, -0.05) is 6.92 Å². The number of hydrogen-bond donors (Lipinski definition) is 2. The molecule has 1 fully saturated rings. The largest absolute Gasteiger partial charge is 0.355 e. The van der Waals surface area contributed by atoms with E-state index in [0.29, 0.717) is 0 Å². The number of guanidine groups is 1. The van der Waals surface area contributed by atoms with Crippen molar-refractivity contribution in [1.82, 2.24) is 30.2 Å². The first-order valence-electron chi connectivity index (χ1n) is 8.93. The third-order valence-corrected chi connectivity index (χ3v) is 4.95. The van der Waals surface area contributed by atoms with Gasteiger partial charge in [-0.05, 0) is 20.4 Å². The predicted molar refractivity (Wildman–Crippen MR) is 99.4 cm³/mol. The van der Waals surface area contributed by atoms with Gasteiger partial charge >= 0.3 is 0 Å². The number of nitrogens with one attached hydrogen (secondary N) is 2. The van der Waals surface area contributed by atoms with Gasteiger partial charge in [0.05, 0.1) is 5.69 Å². The molecule has 0 aromatic carbocycles. The molecule has 2 heterocycles. The summed E-state index contributed by atoms with van der Waals surface area (Å²) in [5.74, 6) is 0.852. The first-order valence-corrected chi connectivity index (χ1v) is 8.93. The summed E-state index contributed by atoms with van der Waals surface area (Å²) in [5, 5.41) is 11.3. The Morgan fingerprint density at radius 1 is 1.12 bits per heavy atom. The van der Waals surface area contributed by atoms with Crippen LogP contribution >= 0.6 is 0 Å². The fourth-order valence-electron chi connectivity index (χ4n) is 3.13. The van der Waals surface area contributed by atoms with Crippen LogP contribution in [0.4, 0.5) is 0 Å². The summed E-state index contributed by atoms with van der Waals surface area (Å²) in [4.78, 5) is 9.34. The molecular formula is C17H33N7. The molecule has 2 rings (SSSR count). The van der Waals surface area contributed by atoms with E-state index in [1.165, 1.54) is 24.3 Å². The number of likely N-dealkylation sites (N-methyl/N-ethyl adjacent to an activating group) is 1. The Bertz CT molecular complexity index is 541. The molecule has 1 aliphatic heterocycles. The molecule has 24 heavy (non-hydrogen) atoms.